The van der Waals surface area contributed by atoms with Gasteiger partial charge in [-0.3, -0.25) is 4.79 Å². The van der Waals surface area contributed by atoms with E-state index < -0.39 is 42.4 Å². The molecule has 1 aromatic rings. The summed E-state index contributed by atoms with van der Waals surface area (Å²) >= 11 is 0. The smallest absolute Gasteiger partial charge is 0.317 e. The third-order valence-electron chi connectivity index (χ3n) is 4.56. The number of rotatable bonds is 7. The van der Waals surface area contributed by atoms with Crippen molar-refractivity contribution in [1.82, 2.24) is 0 Å². The molecule has 3 rings (SSSR count). The number of carbonyl (C=O) groups excluding carboxylic acids is 1. The lowest BCUT2D eigenvalue weighted by Gasteiger charge is -2.28. The fourth-order valence-electron chi connectivity index (χ4n) is 3.29. The Balaban J connectivity index is 1.80. The van der Waals surface area contributed by atoms with Crippen molar-refractivity contribution < 1.29 is 33.2 Å². The van der Waals surface area contributed by atoms with Gasteiger partial charge in [-0.15, -0.1) is 0 Å². The highest BCUT2D eigenvalue weighted by atomic mass is 16.8. The van der Waals surface area contributed by atoms with Crippen LogP contribution >= 0.6 is 0 Å². The molecule has 10 heteroatoms. The molecular weight excluding hydrogens is 370 g/mol. The molecule has 10 nitrogen and oxygen atoms in total. The zero-order valence-electron chi connectivity index (χ0n) is 16.1. The molecule has 0 saturated carbocycles. The summed E-state index contributed by atoms with van der Waals surface area (Å²) in [6, 6.07) is 6.14. The van der Waals surface area contributed by atoms with E-state index in [0.717, 1.165) is 11.3 Å². The van der Waals surface area contributed by atoms with Crippen LogP contribution in [0.15, 0.2) is 29.4 Å². The standard InChI is InChI=1S/C18H23N3O7/c1-18(2)27-15-14(25-9-10-5-7-11(23-3)8-6-10)13(26-17(15)28-18)12(20-21-19)16(22)24-4/h5-8,12-15,17H,9H2,1-4H3/t12-,13+,14-,15+,17+/m0/s1. The molecule has 5 atom stereocenters. The Labute approximate surface area is 162 Å². The monoisotopic (exact) mass is 393 g/mol. The van der Waals surface area contributed by atoms with Crippen LogP contribution in [0, 0.1) is 0 Å². The summed E-state index contributed by atoms with van der Waals surface area (Å²) in [6.07, 6.45) is -2.95. The van der Waals surface area contributed by atoms with E-state index in [2.05, 4.69) is 10.0 Å². The summed E-state index contributed by atoms with van der Waals surface area (Å²) in [6.45, 7) is 3.75. The van der Waals surface area contributed by atoms with E-state index in [1.165, 1.54) is 7.11 Å². The first-order valence-electron chi connectivity index (χ1n) is 8.76. The number of ether oxygens (including phenoxy) is 6. The molecule has 152 valence electrons. The normalized spacial score (nSPS) is 28.9. The predicted octanol–water partition coefficient (Wildman–Crippen LogP) is 2.31. The van der Waals surface area contributed by atoms with Crippen molar-refractivity contribution in [2.45, 2.75) is 56.9 Å². The second-order valence-electron chi connectivity index (χ2n) is 6.87. The molecule has 0 amide bonds. The molecule has 0 aromatic heterocycles. The fraction of sp³-hybridized carbons (Fsp3) is 0.611. The van der Waals surface area contributed by atoms with Crippen LogP contribution in [0.3, 0.4) is 0 Å². The van der Waals surface area contributed by atoms with E-state index in [4.69, 9.17) is 34.0 Å². The van der Waals surface area contributed by atoms with Crippen LogP contribution in [0.5, 0.6) is 5.75 Å². The van der Waals surface area contributed by atoms with Gasteiger partial charge >= 0.3 is 5.97 Å². The Hall–Kier alpha value is -2.36. The third-order valence-corrected chi connectivity index (χ3v) is 4.56. The highest BCUT2D eigenvalue weighted by Gasteiger charge is 2.58. The number of hydrogen-bond acceptors (Lipinski definition) is 8. The van der Waals surface area contributed by atoms with Gasteiger partial charge in [0.15, 0.2) is 18.1 Å². The van der Waals surface area contributed by atoms with Gasteiger partial charge < -0.3 is 28.4 Å². The summed E-state index contributed by atoms with van der Waals surface area (Å²) in [5.41, 5.74) is 9.74. The highest BCUT2D eigenvalue weighted by Crippen LogP contribution is 2.40. The van der Waals surface area contributed by atoms with Crippen LogP contribution in [-0.4, -0.2) is 56.6 Å². The van der Waals surface area contributed by atoms with Gasteiger partial charge in [0.25, 0.3) is 0 Å². The number of carbonyl (C=O) groups is 1. The van der Waals surface area contributed by atoms with Crippen LogP contribution in [0.4, 0.5) is 0 Å². The molecule has 28 heavy (non-hydrogen) atoms. The summed E-state index contributed by atoms with van der Waals surface area (Å²) in [7, 11) is 2.80. The molecule has 2 saturated heterocycles. The average molecular weight is 393 g/mol. The lowest BCUT2D eigenvalue weighted by atomic mass is 10.0. The topological polar surface area (TPSA) is 121 Å². The molecule has 0 N–H and O–H groups in total. The number of hydrogen-bond donors (Lipinski definition) is 0. The fourth-order valence-corrected chi connectivity index (χ4v) is 3.29. The van der Waals surface area contributed by atoms with Crippen molar-refractivity contribution in [2.75, 3.05) is 14.2 Å². The van der Waals surface area contributed by atoms with Crippen molar-refractivity contribution in [2.24, 2.45) is 5.11 Å². The number of azide groups is 1. The number of nitrogens with zero attached hydrogens (tertiary/aromatic N) is 3. The van der Waals surface area contributed by atoms with E-state index in [-0.39, 0.29) is 6.61 Å². The van der Waals surface area contributed by atoms with Crippen molar-refractivity contribution in [3.63, 3.8) is 0 Å². The number of benzene rings is 1. The van der Waals surface area contributed by atoms with Crippen LogP contribution < -0.4 is 4.74 Å². The lowest BCUT2D eigenvalue weighted by molar-refractivity contribution is -0.222. The molecule has 0 radical (unpaired) electrons. The van der Waals surface area contributed by atoms with Gasteiger partial charge in [0.1, 0.15) is 24.1 Å². The number of fused-ring (bicyclic) bond motifs is 1. The first-order chi connectivity index (χ1) is 13.4. The van der Waals surface area contributed by atoms with E-state index in [0.29, 0.717) is 0 Å². The SMILES string of the molecule is COC(=O)[C@@H](N=[N+]=[N-])[C@H]1O[C@@H]2OC(C)(C)O[C@@H]2[C@H]1OCc1ccc(OC)cc1. The van der Waals surface area contributed by atoms with Gasteiger partial charge in [0, 0.05) is 4.91 Å². The minimum absolute atomic E-state index is 0.228. The molecule has 0 spiro atoms. The quantitative estimate of drug-likeness (QED) is 0.301. The first kappa shape index (κ1) is 20.4. The first-order valence-corrected chi connectivity index (χ1v) is 8.76. The molecule has 1 aromatic carbocycles. The summed E-state index contributed by atoms with van der Waals surface area (Å²) in [5, 5.41) is 3.54. The Bertz CT molecular complexity index is 748. The number of esters is 1. The maximum absolute atomic E-state index is 12.1. The van der Waals surface area contributed by atoms with E-state index in [1.54, 1.807) is 21.0 Å². The summed E-state index contributed by atoms with van der Waals surface area (Å²) < 4.78 is 33.4. The predicted molar refractivity (Wildman–Crippen MR) is 95.2 cm³/mol. The molecular formula is C18H23N3O7. The molecule has 0 unspecified atom stereocenters. The minimum Gasteiger partial charge on any atom is -0.497 e. The van der Waals surface area contributed by atoms with Gasteiger partial charge in [0.05, 0.1) is 20.8 Å². The number of methoxy groups -OCH3 is 2. The largest absolute Gasteiger partial charge is 0.497 e. The summed E-state index contributed by atoms with van der Waals surface area (Å²) in [4.78, 5) is 14.8. The zero-order valence-corrected chi connectivity index (χ0v) is 16.1. The third kappa shape index (κ3) is 4.21. The van der Waals surface area contributed by atoms with Crippen LogP contribution in [-0.2, 0) is 35.1 Å². The molecule has 2 aliphatic heterocycles. The van der Waals surface area contributed by atoms with Gasteiger partial charge in [-0.2, -0.15) is 0 Å². The van der Waals surface area contributed by atoms with Crippen molar-refractivity contribution in [3.05, 3.63) is 40.3 Å². The molecule has 2 heterocycles. The molecule has 2 aliphatic rings. The molecule has 0 aliphatic carbocycles. The van der Waals surface area contributed by atoms with E-state index >= 15 is 0 Å². The van der Waals surface area contributed by atoms with Gasteiger partial charge in [-0.1, -0.05) is 17.2 Å². The maximum Gasteiger partial charge on any atom is 0.317 e. The summed E-state index contributed by atoms with van der Waals surface area (Å²) in [5.74, 6) is -0.851. The Morgan fingerprint density at radius 3 is 2.61 bits per heavy atom. The van der Waals surface area contributed by atoms with E-state index in [9.17, 15) is 4.79 Å². The second-order valence-corrected chi connectivity index (χ2v) is 6.87. The second kappa shape index (κ2) is 8.34. The van der Waals surface area contributed by atoms with Crippen LogP contribution in [0.1, 0.15) is 19.4 Å². The average Bonchev–Trinajstić information content (AvgIpc) is 3.15. The molecule has 0 bridgehead atoms. The Morgan fingerprint density at radius 1 is 1.29 bits per heavy atom. The van der Waals surface area contributed by atoms with Crippen molar-refractivity contribution in [3.8, 4) is 5.75 Å². The lowest BCUT2D eigenvalue weighted by Crippen LogP contribution is -2.45. The van der Waals surface area contributed by atoms with Gasteiger partial charge in [0.2, 0.25) is 0 Å². The highest BCUT2D eigenvalue weighted by molar-refractivity contribution is 5.76. The minimum atomic E-state index is -1.23. The van der Waals surface area contributed by atoms with Crippen molar-refractivity contribution in [1.29, 1.82) is 0 Å². The maximum atomic E-state index is 12.1. The Kier molecular flexibility index (Phi) is 6.07. The van der Waals surface area contributed by atoms with E-state index in [1.807, 2.05) is 24.3 Å². The Morgan fingerprint density at radius 2 is 2.00 bits per heavy atom. The van der Waals surface area contributed by atoms with Crippen molar-refractivity contribution >= 4 is 5.97 Å². The van der Waals surface area contributed by atoms with Crippen LogP contribution in [0.25, 0.3) is 10.4 Å². The zero-order chi connectivity index (χ0) is 20.3. The molecule has 2 fully saturated rings. The van der Waals surface area contributed by atoms with Crippen LogP contribution in [0.2, 0.25) is 0 Å². The van der Waals surface area contributed by atoms with Gasteiger partial charge in [-0.25, -0.2) is 0 Å². The van der Waals surface area contributed by atoms with Gasteiger partial charge in [-0.05, 0) is 37.1 Å².